The number of carbonyl (C=O) groups is 2. The quantitative estimate of drug-likeness (QED) is 0.598. The lowest BCUT2D eigenvalue weighted by Crippen LogP contribution is -2.51. The van der Waals surface area contributed by atoms with E-state index in [4.69, 9.17) is 11.6 Å². The van der Waals surface area contributed by atoms with E-state index < -0.39 is 28.5 Å². The van der Waals surface area contributed by atoms with E-state index in [1.807, 2.05) is 13.0 Å². The second kappa shape index (κ2) is 10.8. The van der Waals surface area contributed by atoms with Crippen LogP contribution in [0.25, 0.3) is 0 Å². The van der Waals surface area contributed by atoms with Crippen LogP contribution in [0.15, 0.2) is 42.5 Å². The Balaban J connectivity index is 2.45. The molecule has 0 aromatic heterocycles. The van der Waals surface area contributed by atoms with Crippen LogP contribution in [0.5, 0.6) is 0 Å². The van der Waals surface area contributed by atoms with E-state index in [1.165, 1.54) is 11.9 Å². The van der Waals surface area contributed by atoms with Gasteiger partial charge in [0.05, 0.1) is 11.9 Å². The molecule has 0 aliphatic carbocycles. The van der Waals surface area contributed by atoms with E-state index >= 15 is 0 Å². The first kappa shape index (κ1) is 25.7. The highest BCUT2D eigenvalue weighted by Gasteiger charge is 2.31. The molecule has 0 heterocycles. The summed E-state index contributed by atoms with van der Waals surface area (Å²) in [5.74, 6) is -0.784. The molecule has 2 amide bonds. The lowest BCUT2D eigenvalue weighted by atomic mass is 10.1. The minimum Gasteiger partial charge on any atom is -0.357 e. The van der Waals surface area contributed by atoms with Crippen molar-refractivity contribution in [3.63, 3.8) is 0 Å². The van der Waals surface area contributed by atoms with E-state index in [0.717, 1.165) is 27.3 Å². The van der Waals surface area contributed by atoms with E-state index in [0.29, 0.717) is 17.1 Å². The number of aryl methyl sites for hydroxylation is 2. The number of halogens is 1. The number of likely N-dealkylation sites (N-methyl/N-ethyl adjacent to an activating group) is 1. The van der Waals surface area contributed by atoms with Gasteiger partial charge in [0.2, 0.25) is 21.8 Å². The van der Waals surface area contributed by atoms with Gasteiger partial charge in [-0.25, -0.2) is 8.42 Å². The summed E-state index contributed by atoms with van der Waals surface area (Å²) in [5.41, 5.74) is 2.94. The molecule has 7 nitrogen and oxygen atoms in total. The van der Waals surface area contributed by atoms with Crippen molar-refractivity contribution in [2.45, 2.75) is 39.8 Å². The first-order valence-electron chi connectivity index (χ1n) is 10.3. The van der Waals surface area contributed by atoms with Gasteiger partial charge >= 0.3 is 0 Å². The summed E-state index contributed by atoms with van der Waals surface area (Å²) in [6.45, 7) is 5.25. The number of hydrogen-bond donors (Lipinski definition) is 1. The minimum atomic E-state index is -3.75. The van der Waals surface area contributed by atoms with Gasteiger partial charge < -0.3 is 10.2 Å². The fourth-order valence-electron chi connectivity index (χ4n) is 3.55. The number of amides is 2. The van der Waals surface area contributed by atoms with Crippen molar-refractivity contribution in [2.24, 2.45) is 0 Å². The second-order valence-corrected chi connectivity index (χ2v) is 10.1. The summed E-state index contributed by atoms with van der Waals surface area (Å²) >= 11 is 5.97. The molecule has 0 saturated heterocycles. The maximum Gasteiger partial charge on any atom is 0.244 e. The van der Waals surface area contributed by atoms with Gasteiger partial charge in [0.25, 0.3) is 0 Å². The van der Waals surface area contributed by atoms with E-state index in [9.17, 15) is 18.0 Å². The Hall–Kier alpha value is -2.58. The predicted octanol–water partition coefficient (Wildman–Crippen LogP) is 3.28. The zero-order valence-corrected chi connectivity index (χ0v) is 20.6. The van der Waals surface area contributed by atoms with Gasteiger partial charge in [0, 0.05) is 18.6 Å². The zero-order chi connectivity index (χ0) is 24.1. The Morgan fingerprint density at radius 3 is 2.22 bits per heavy atom. The van der Waals surface area contributed by atoms with Crippen LogP contribution >= 0.6 is 11.6 Å². The van der Waals surface area contributed by atoms with Crippen molar-refractivity contribution in [1.82, 2.24) is 10.2 Å². The second-order valence-electron chi connectivity index (χ2n) is 7.75. The number of sulfonamides is 1. The number of hydrogen-bond acceptors (Lipinski definition) is 4. The van der Waals surface area contributed by atoms with Crippen LogP contribution in [0.3, 0.4) is 0 Å². The zero-order valence-electron chi connectivity index (χ0n) is 19.1. The largest absolute Gasteiger partial charge is 0.357 e. The molecule has 0 unspecified atom stereocenters. The number of benzene rings is 2. The van der Waals surface area contributed by atoms with Crippen LogP contribution < -0.4 is 9.62 Å². The van der Waals surface area contributed by atoms with Crippen LogP contribution in [0.1, 0.15) is 30.0 Å². The van der Waals surface area contributed by atoms with Crippen LogP contribution in [0.4, 0.5) is 5.69 Å². The van der Waals surface area contributed by atoms with Crippen LogP contribution in [0.2, 0.25) is 5.02 Å². The van der Waals surface area contributed by atoms with Crippen molar-refractivity contribution in [3.8, 4) is 0 Å². The summed E-state index contributed by atoms with van der Waals surface area (Å²) < 4.78 is 26.3. The topological polar surface area (TPSA) is 86.8 Å². The van der Waals surface area contributed by atoms with Crippen LogP contribution in [0, 0.1) is 13.8 Å². The molecule has 9 heteroatoms. The molecule has 2 aromatic rings. The molecule has 0 saturated carbocycles. The first-order chi connectivity index (χ1) is 15.0. The summed E-state index contributed by atoms with van der Waals surface area (Å²) in [6, 6.07) is 11.6. The molecule has 174 valence electrons. The number of rotatable bonds is 9. The summed E-state index contributed by atoms with van der Waals surface area (Å²) in [5, 5.41) is 3.15. The highest BCUT2D eigenvalue weighted by Crippen LogP contribution is 2.24. The van der Waals surface area contributed by atoms with Gasteiger partial charge in [-0.3, -0.25) is 13.9 Å². The highest BCUT2D eigenvalue weighted by atomic mass is 35.5. The number of nitrogens with zero attached hydrogens (tertiary/aromatic N) is 2. The van der Waals surface area contributed by atoms with Gasteiger partial charge in [-0.15, -0.1) is 0 Å². The molecule has 0 radical (unpaired) electrons. The maximum absolute atomic E-state index is 13.5. The summed E-state index contributed by atoms with van der Waals surface area (Å²) in [6.07, 6.45) is 1.45. The fourth-order valence-corrected chi connectivity index (χ4v) is 4.59. The molecular weight excluding hydrogens is 450 g/mol. The molecule has 0 aliphatic heterocycles. The third-order valence-corrected chi connectivity index (χ3v) is 6.58. The molecule has 0 fully saturated rings. The normalized spacial score (nSPS) is 12.2. The highest BCUT2D eigenvalue weighted by molar-refractivity contribution is 7.92. The standard InChI is InChI=1S/C23H30ClN3O4S/c1-6-20(23(29)25-4)26(14-18-8-10-19(24)11-9-18)22(28)15-27(32(5,30)31)21-12-7-16(2)13-17(21)3/h7-13,20H,6,14-15H2,1-5H3,(H,25,29)/t20-/m0/s1. The molecule has 32 heavy (non-hydrogen) atoms. The Morgan fingerprint density at radius 2 is 1.72 bits per heavy atom. The van der Waals surface area contributed by atoms with Crippen LogP contribution in [-0.2, 0) is 26.2 Å². The minimum absolute atomic E-state index is 0.145. The Labute approximate surface area is 195 Å². The molecule has 2 rings (SSSR count). The lowest BCUT2D eigenvalue weighted by Gasteiger charge is -2.33. The number of anilines is 1. The van der Waals surface area contributed by atoms with Crippen molar-refractivity contribution < 1.29 is 18.0 Å². The van der Waals surface area contributed by atoms with E-state index in [2.05, 4.69) is 5.32 Å². The molecule has 1 N–H and O–H groups in total. The van der Waals surface area contributed by atoms with Crippen LogP contribution in [-0.4, -0.2) is 51.0 Å². The maximum atomic E-state index is 13.5. The van der Waals surface area contributed by atoms with E-state index in [-0.39, 0.29) is 12.5 Å². The first-order valence-corrected chi connectivity index (χ1v) is 12.5. The predicted molar refractivity (Wildman–Crippen MR) is 128 cm³/mol. The summed E-state index contributed by atoms with van der Waals surface area (Å²) in [4.78, 5) is 27.4. The third-order valence-electron chi connectivity index (χ3n) is 5.20. The third kappa shape index (κ3) is 6.46. The van der Waals surface area contributed by atoms with Gasteiger partial charge in [-0.05, 0) is 49.6 Å². The average Bonchev–Trinajstić information content (AvgIpc) is 2.72. The smallest absolute Gasteiger partial charge is 0.244 e. The molecule has 2 aromatic carbocycles. The number of carbonyl (C=O) groups excluding carboxylic acids is 2. The van der Waals surface area contributed by atoms with Crippen molar-refractivity contribution in [2.75, 3.05) is 24.2 Å². The number of nitrogens with one attached hydrogen (secondary N) is 1. The molecule has 0 aliphatic rings. The Kier molecular flexibility index (Phi) is 8.69. The molecule has 0 bridgehead atoms. The average molecular weight is 480 g/mol. The van der Waals surface area contributed by atoms with E-state index in [1.54, 1.807) is 50.2 Å². The molecule has 0 spiro atoms. The van der Waals surface area contributed by atoms with Gasteiger partial charge in [-0.1, -0.05) is 48.4 Å². The van der Waals surface area contributed by atoms with Crippen molar-refractivity contribution >= 4 is 39.1 Å². The van der Waals surface area contributed by atoms with Crippen molar-refractivity contribution in [3.05, 3.63) is 64.2 Å². The SMILES string of the molecule is CC[C@@H](C(=O)NC)N(Cc1ccc(Cl)cc1)C(=O)CN(c1ccc(C)cc1C)S(C)(=O)=O. The molecule has 1 atom stereocenters. The van der Waals surface area contributed by atoms with Crippen molar-refractivity contribution in [1.29, 1.82) is 0 Å². The lowest BCUT2D eigenvalue weighted by molar-refractivity contribution is -0.140. The molecular formula is C23H30ClN3O4S. The summed E-state index contributed by atoms with van der Waals surface area (Å²) in [7, 11) is -2.24. The van der Waals surface area contributed by atoms with Gasteiger partial charge in [0.1, 0.15) is 12.6 Å². The van der Waals surface area contributed by atoms with Gasteiger partial charge in [-0.2, -0.15) is 0 Å². The Morgan fingerprint density at radius 1 is 1.09 bits per heavy atom. The van der Waals surface area contributed by atoms with Gasteiger partial charge in [0.15, 0.2) is 0 Å². The fraction of sp³-hybridized carbons (Fsp3) is 0.391. The monoisotopic (exact) mass is 479 g/mol. The Bertz CT molecular complexity index is 1070.